The maximum atomic E-state index is 10.6. The van der Waals surface area contributed by atoms with E-state index in [2.05, 4.69) is 31.2 Å². The normalized spacial score (nSPS) is 49.1. The van der Waals surface area contributed by atoms with Crippen molar-refractivity contribution >= 4 is 0 Å². The standard InChI is InChI=1S/C24H41N3O/c1-16(15-26-12-13-27-25)21-6-7-22-20-5-4-17-14-23(2,28)10-8-18(17)19(20)9-11-24(21,22)3/h12-13,16-22,25-26,28H,4-11,14-15H2,1-3H3/b13-12-,27-25?/t16-,17-,18-,19+,20+,21+,22-,23+,24+/m0/s1. The van der Waals surface area contributed by atoms with Crippen LogP contribution in [0.25, 0.3) is 0 Å². The number of hydrogen-bond acceptors (Lipinski definition) is 4. The van der Waals surface area contributed by atoms with Gasteiger partial charge in [0.1, 0.15) is 0 Å². The molecule has 0 aromatic rings. The minimum absolute atomic E-state index is 0.403. The van der Waals surface area contributed by atoms with Gasteiger partial charge in [-0.2, -0.15) is 5.11 Å². The van der Waals surface area contributed by atoms with Gasteiger partial charge in [0, 0.05) is 12.7 Å². The maximum Gasteiger partial charge on any atom is 0.0645 e. The lowest BCUT2D eigenvalue weighted by Gasteiger charge is -2.57. The summed E-state index contributed by atoms with van der Waals surface area (Å²) in [6.07, 6.45) is 15.1. The van der Waals surface area contributed by atoms with Gasteiger partial charge in [-0.3, -0.25) is 0 Å². The van der Waals surface area contributed by atoms with Crippen molar-refractivity contribution in [3.05, 3.63) is 12.4 Å². The van der Waals surface area contributed by atoms with E-state index >= 15 is 0 Å². The summed E-state index contributed by atoms with van der Waals surface area (Å²) >= 11 is 0. The van der Waals surface area contributed by atoms with E-state index < -0.39 is 5.60 Å². The van der Waals surface area contributed by atoms with Crippen LogP contribution in [-0.4, -0.2) is 17.3 Å². The van der Waals surface area contributed by atoms with Gasteiger partial charge in [0.2, 0.25) is 0 Å². The predicted molar refractivity (Wildman–Crippen MR) is 113 cm³/mol. The third-order valence-corrected chi connectivity index (χ3v) is 9.70. The summed E-state index contributed by atoms with van der Waals surface area (Å²) in [5.41, 5.74) is 6.97. The Balaban J connectivity index is 1.43. The summed E-state index contributed by atoms with van der Waals surface area (Å²) in [6.45, 7) is 8.10. The quantitative estimate of drug-likeness (QED) is 0.527. The summed E-state index contributed by atoms with van der Waals surface area (Å²) in [6, 6.07) is 0. The molecule has 4 aliphatic carbocycles. The molecule has 4 saturated carbocycles. The smallest absolute Gasteiger partial charge is 0.0645 e. The Morgan fingerprint density at radius 3 is 2.64 bits per heavy atom. The number of aliphatic hydroxyl groups is 1. The number of nitrogens with zero attached hydrogens (tertiary/aromatic N) is 1. The highest BCUT2D eigenvalue weighted by molar-refractivity contribution is 5.07. The van der Waals surface area contributed by atoms with Gasteiger partial charge < -0.3 is 10.4 Å². The van der Waals surface area contributed by atoms with E-state index in [9.17, 15) is 5.11 Å². The van der Waals surface area contributed by atoms with Crippen LogP contribution in [0.2, 0.25) is 0 Å². The summed E-state index contributed by atoms with van der Waals surface area (Å²) in [4.78, 5) is 0. The second-order valence-electron chi connectivity index (χ2n) is 11.2. The number of hydrogen-bond donors (Lipinski definition) is 3. The molecule has 0 unspecified atom stereocenters. The zero-order valence-corrected chi connectivity index (χ0v) is 18.2. The van der Waals surface area contributed by atoms with E-state index in [1.807, 2.05) is 6.20 Å². The monoisotopic (exact) mass is 387 g/mol. The highest BCUT2D eigenvalue weighted by Gasteiger charge is 2.58. The van der Waals surface area contributed by atoms with Crippen LogP contribution in [0.15, 0.2) is 17.5 Å². The fourth-order valence-electron chi connectivity index (χ4n) is 8.54. The highest BCUT2D eigenvalue weighted by atomic mass is 16.3. The Kier molecular flexibility index (Phi) is 5.63. The van der Waals surface area contributed by atoms with Crippen LogP contribution < -0.4 is 5.32 Å². The molecule has 4 aliphatic rings. The number of rotatable bonds is 5. The lowest BCUT2D eigenvalue weighted by atomic mass is 9.48. The van der Waals surface area contributed by atoms with Crippen molar-refractivity contribution in [3.63, 3.8) is 0 Å². The number of nitrogens with one attached hydrogen (secondary N) is 2. The van der Waals surface area contributed by atoms with Crippen LogP contribution in [0, 0.1) is 52.4 Å². The van der Waals surface area contributed by atoms with Gasteiger partial charge in [0.25, 0.3) is 0 Å². The first kappa shape index (κ1) is 20.4. The van der Waals surface area contributed by atoms with Gasteiger partial charge in [-0.15, -0.1) is 0 Å². The molecule has 0 aromatic carbocycles. The predicted octanol–water partition coefficient (Wildman–Crippen LogP) is 5.73. The highest BCUT2D eigenvalue weighted by Crippen LogP contribution is 2.65. The molecule has 0 heterocycles. The first-order valence-corrected chi connectivity index (χ1v) is 11.8. The lowest BCUT2D eigenvalue weighted by Crippen LogP contribution is -2.51. The van der Waals surface area contributed by atoms with Gasteiger partial charge in [0.15, 0.2) is 0 Å². The van der Waals surface area contributed by atoms with Crippen LogP contribution in [0.4, 0.5) is 0 Å². The second kappa shape index (κ2) is 7.74. The van der Waals surface area contributed by atoms with Crippen molar-refractivity contribution in [2.75, 3.05) is 6.54 Å². The molecule has 3 N–H and O–H groups in total. The molecule has 0 bridgehead atoms. The summed E-state index contributed by atoms with van der Waals surface area (Å²) < 4.78 is 0. The Morgan fingerprint density at radius 2 is 1.86 bits per heavy atom. The third kappa shape index (κ3) is 3.55. The minimum atomic E-state index is -0.403. The van der Waals surface area contributed by atoms with E-state index in [1.165, 1.54) is 51.1 Å². The first-order valence-electron chi connectivity index (χ1n) is 11.8. The fraction of sp³-hybridized carbons (Fsp3) is 0.917. The number of fused-ring (bicyclic) bond motifs is 5. The zero-order valence-electron chi connectivity index (χ0n) is 18.2. The van der Waals surface area contributed by atoms with Crippen molar-refractivity contribution in [2.45, 2.75) is 84.2 Å². The SMILES string of the molecule is C[C@@H](CN/C=C\N=N)[C@H]1CC[C@H]2[C@@H]3CC[C@H]4C[C@](C)(O)CC[C@@H]4[C@H]3CC[C@]12C. The Labute approximate surface area is 171 Å². The molecule has 9 atom stereocenters. The second-order valence-corrected chi connectivity index (χ2v) is 11.2. The summed E-state index contributed by atoms with van der Waals surface area (Å²) in [7, 11) is 0. The van der Waals surface area contributed by atoms with Crippen LogP contribution >= 0.6 is 0 Å². The Bertz CT molecular complexity index is 603. The molecule has 0 amide bonds. The van der Waals surface area contributed by atoms with Crippen LogP contribution in [0.3, 0.4) is 0 Å². The van der Waals surface area contributed by atoms with Crippen molar-refractivity contribution in [1.82, 2.24) is 5.32 Å². The molecular formula is C24H41N3O. The summed E-state index contributed by atoms with van der Waals surface area (Å²) in [5.74, 6) is 5.95. The van der Waals surface area contributed by atoms with E-state index in [0.29, 0.717) is 11.3 Å². The van der Waals surface area contributed by atoms with E-state index in [4.69, 9.17) is 5.53 Å². The molecule has 4 rings (SSSR count). The molecule has 4 fully saturated rings. The topological polar surface area (TPSA) is 68.5 Å². The van der Waals surface area contributed by atoms with Gasteiger partial charge in [-0.25, -0.2) is 5.53 Å². The molecule has 4 nitrogen and oxygen atoms in total. The van der Waals surface area contributed by atoms with Crippen molar-refractivity contribution in [3.8, 4) is 0 Å². The molecule has 0 radical (unpaired) electrons. The van der Waals surface area contributed by atoms with Gasteiger partial charge in [-0.1, -0.05) is 13.8 Å². The molecular weight excluding hydrogens is 346 g/mol. The lowest BCUT2D eigenvalue weighted by molar-refractivity contribution is -0.102. The molecule has 0 aromatic heterocycles. The average molecular weight is 388 g/mol. The van der Waals surface area contributed by atoms with Gasteiger partial charge in [0.05, 0.1) is 11.8 Å². The molecule has 0 spiro atoms. The minimum Gasteiger partial charge on any atom is -0.390 e. The fourth-order valence-corrected chi connectivity index (χ4v) is 8.54. The Morgan fingerprint density at radius 1 is 1.07 bits per heavy atom. The van der Waals surface area contributed by atoms with E-state index in [-0.39, 0.29) is 0 Å². The maximum absolute atomic E-state index is 10.6. The largest absolute Gasteiger partial charge is 0.390 e. The summed E-state index contributed by atoms with van der Waals surface area (Å²) in [5, 5.41) is 17.2. The van der Waals surface area contributed by atoms with Crippen molar-refractivity contribution < 1.29 is 5.11 Å². The average Bonchev–Trinajstić information content (AvgIpc) is 3.01. The molecule has 158 valence electrons. The van der Waals surface area contributed by atoms with Crippen LogP contribution in [0.5, 0.6) is 0 Å². The van der Waals surface area contributed by atoms with E-state index in [0.717, 1.165) is 54.9 Å². The Hall–Kier alpha value is -0.900. The van der Waals surface area contributed by atoms with Gasteiger partial charge in [-0.05, 0) is 112 Å². The van der Waals surface area contributed by atoms with E-state index in [1.54, 1.807) is 0 Å². The molecule has 0 aliphatic heterocycles. The van der Waals surface area contributed by atoms with Crippen molar-refractivity contribution in [1.29, 1.82) is 5.53 Å². The molecule has 28 heavy (non-hydrogen) atoms. The zero-order chi connectivity index (χ0) is 19.9. The van der Waals surface area contributed by atoms with Crippen molar-refractivity contribution in [2.24, 2.45) is 52.0 Å². The van der Waals surface area contributed by atoms with Crippen LogP contribution in [-0.2, 0) is 0 Å². The molecule has 4 heteroatoms. The molecule has 0 saturated heterocycles. The van der Waals surface area contributed by atoms with Crippen LogP contribution in [0.1, 0.15) is 78.6 Å². The first-order chi connectivity index (χ1) is 13.4. The van der Waals surface area contributed by atoms with Gasteiger partial charge >= 0.3 is 0 Å². The third-order valence-electron chi connectivity index (χ3n) is 9.70.